The first kappa shape index (κ1) is 16.7. The van der Waals surface area contributed by atoms with Crippen LogP contribution in [0.3, 0.4) is 0 Å². The molecule has 0 aliphatic rings. The Morgan fingerprint density at radius 3 is 2.65 bits per heavy atom. The normalized spacial score (nSPS) is 10.9. The van der Waals surface area contributed by atoms with Crippen molar-refractivity contribution in [2.75, 3.05) is 25.9 Å². The Balaban J connectivity index is 2.20. The van der Waals surface area contributed by atoms with Gasteiger partial charge < -0.3 is 19.8 Å². The van der Waals surface area contributed by atoms with E-state index in [2.05, 4.69) is 0 Å². The molecule has 0 spiro atoms. The lowest BCUT2D eigenvalue weighted by atomic mass is 10.1. The molecule has 0 aliphatic heterocycles. The Kier molecular flexibility index (Phi) is 5.46. The Labute approximate surface area is 136 Å². The maximum atomic E-state index is 12.0. The van der Waals surface area contributed by atoms with Gasteiger partial charge in [0.2, 0.25) is 5.91 Å². The molecule has 5 heteroatoms. The summed E-state index contributed by atoms with van der Waals surface area (Å²) in [5.74, 6) is 1.89. The molecule has 23 heavy (non-hydrogen) atoms. The summed E-state index contributed by atoms with van der Waals surface area (Å²) < 4.78 is 11.1. The molecule has 0 radical (unpaired) electrons. The van der Waals surface area contributed by atoms with E-state index < -0.39 is 0 Å². The highest BCUT2D eigenvalue weighted by atomic mass is 16.5. The Morgan fingerprint density at radius 1 is 1.26 bits per heavy atom. The van der Waals surface area contributed by atoms with Gasteiger partial charge in [-0.1, -0.05) is 0 Å². The Bertz CT molecular complexity index is 700. The van der Waals surface area contributed by atoms with Gasteiger partial charge in [0.05, 0.1) is 12.7 Å². The first-order chi connectivity index (χ1) is 11.1. The van der Waals surface area contributed by atoms with Gasteiger partial charge in [-0.3, -0.25) is 4.79 Å². The quantitative estimate of drug-likeness (QED) is 0.655. The van der Waals surface area contributed by atoms with E-state index in [1.54, 1.807) is 30.2 Å². The highest BCUT2D eigenvalue weighted by molar-refractivity contribution is 5.91. The summed E-state index contributed by atoms with van der Waals surface area (Å²) in [4.78, 5) is 13.7. The van der Waals surface area contributed by atoms with E-state index >= 15 is 0 Å². The molecule has 1 aromatic heterocycles. The maximum Gasteiger partial charge on any atom is 0.246 e. The number of carbonyl (C=O) groups excluding carboxylic acids is 1. The molecule has 0 saturated carbocycles. The first-order valence-corrected chi connectivity index (χ1v) is 7.59. The largest absolute Gasteiger partial charge is 0.496 e. The number of hydrogen-bond acceptors (Lipinski definition) is 4. The van der Waals surface area contributed by atoms with Gasteiger partial charge in [0, 0.05) is 30.9 Å². The van der Waals surface area contributed by atoms with Crippen LogP contribution in [-0.2, 0) is 4.79 Å². The smallest absolute Gasteiger partial charge is 0.246 e. The van der Waals surface area contributed by atoms with Crippen LogP contribution in [0.2, 0.25) is 0 Å². The van der Waals surface area contributed by atoms with E-state index in [1.165, 1.54) is 6.08 Å². The van der Waals surface area contributed by atoms with E-state index in [9.17, 15) is 4.79 Å². The van der Waals surface area contributed by atoms with Crippen molar-refractivity contribution in [1.82, 2.24) is 4.90 Å². The number of benzene rings is 1. The number of rotatable bonds is 6. The van der Waals surface area contributed by atoms with E-state index in [0.717, 1.165) is 5.56 Å². The van der Waals surface area contributed by atoms with Crippen molar-refractivity contribution in [3.8, 4) is 17.1 Å². The molecule has 1 heterocycles. The van der Waals surface area contributed by atoms with Crippen molar-refractivity contribution >= 4 is 17.7 Å². The fourth-order valence-electron chi connectivity index (χ4n) is 2.29. The molecule has 1 amide bonds. The van der Waals surface area contributed by atoms with Gasteiger partial charge in [-0.2, -0.15) is 0 Å². The predicted octanol–water partition coefficient (Wildman–Crippen LogP) is 3.42. The van der Waals surface area contributed by atoms with Crippen molar-refractivity contribution in [3.63, 3.8) is 0 Å². The highest BCUT2D eigenvalue weighted by Crippen LogP contribution is 2.33. The number of nitrogens with two attached hydrogens (primary N) is 1. The van der Waals surface area contributed by atoms with Crippen LogP contribution < -0.4 is 10.5 Å². The monoisotopic (exact) mass is 314 g/mol. The summed E-state index contributed by atoms with van der Waals surface area (Å²) in [6.07, 6.45) is 3.20. The number of methoxy groups -OCH3 is 1. The minimum Gasteiger partial charge on any atom is -0.496 e. The van der Waals surface area contributed by atoms with E-state index in [-0.39, 0.29) is 5.91 Å². The Hall–Kier alpha value is -2.69. The van der Waals surface area contributed by atoms with Crippen LogP contribution in [0.15, 0.2) is 40.8 Å². The number of furan rings is 1. The summed E-state index contributed by atoms with van der Waals surface area (Å²) in [6, 6.07) is 9.05. The minimum atomic E-state index is -0.0296. The molecule has 0 unspecified atom stereocenters. The standard InChI is InChI=1S/C18H22N2O3/c1-4-20(5-2)18(21)11-8-14-7-10-16(23-14)15-9-6-13(19)12-17(15)22-3/h6-12H,4-5,19H2,1-3H3/b11-8+. The lowest BCUT2D eigenvalue weighted by Crippen LogP contribution is -2.28. The Morgan fingerprint density at radius 2 is 2.00 bits per heavy atom. The molecule has 122 valence electrons. The molecule has 0 fully saturated rings. The topological polar surface area (TPSA) is 68.7 Å². The molecule has 0 atom stereocenters. The minimum absolute atomic E-state index is 0.0296. The number of carbonyl (C=O) groups is 1. The number of anilines is 1. The van der Waals surface area contributed by atoms with Gasteiger partial charge >= 0.3 is 0 Å². The van der Waals surface area contributed by atoms with Gasteiger partial charge in [0.1, 0.15) is 17.3 Å². The number of likely N-dealkylation sites (N-methyl/N-ethyl adjacent to an activating group) is 1. The van der Waals surface area contributed by atoms with Crippen LogP contribution >= 0.6 is 0 Å². The van der Waals surface area contributed by atoms with Crippen molar-refractivity contribution in [2.45, 2.75) is 13.8 Å². The van der Waals surface area contributed by atoms with Gasteiger partial charge in [-0.05, 0) is 44.2 Å². The van der Waals surface area contributed by atoms with E-state index in [4.69, 9.17) is 14.9 Å². The van der Waals surface area contributed by atoms with Gasteiger partial charge in [0.25, 0.3) is 0 Å². The zero-order valence-electron chi connectivity index (χ0n) is 13.7. The van der Waals surface area contributed by atoms with Crippen molar-refractivity contribution in [2.24, 2.45) is 0 Å². The predicted molar refractivity (Wildman–Crippen MR) is 92.1 cm³/mol. The van der Waals surface area contributed by atoms with Crippen LogP contribution in [0.5, 0.6) is 5.75 Å². The average molecular weight is 314 g/mol. The lowest BCUT2D eigenvalue weighted by Gasteiger charge is -2.15. The molecule has 0 aliphatic carbocycles. The van der Waals surface area contributed by atoms with Gasteiger partial charge in [0.15, 0.2) is 0 Å². The SMILES string of the molecule is CCN(CC)C(=O)/C=C/c1ccc(-c2ccc(N)cc2OC)o1. The number of nitrogen functional groups attached to an aromatic ring is 1. The summed E-state index contributed by atoms with van der Waals surface area (Å²) in [5.41, 5.74) is 7.20. The summed E-state index contributed by atoms with van der Waals surface area (Å²) in [7, 11) is 1.59. The fraction of sp³-hybridized carbons (Fsp3) is 0.278. The van der Waals surface area contributed by atoms with Crippen LogP contribution in [0.1, 0.15) is 19.6 Å². The van der Waals surface area contributed by atoms with Crippen molar-refractivity contribution in [3.05, 3.63) is 42.2 Å². The molecular formula is C18H22N2O3. The molecule has 5 nitrogen and oxygen atoms in total. The molecule has 2 rings (SSSR count). The second-order valence-corrected chi connectivity index (χ2v) is 5.01. The van der Waals surface area contributed by atoms with Crippen LogP contribution in [0.25, 0.3) is 17.4 Å². The fourth-order valence-corrected chi connectivity index (χ4v) is 2.29. The van der Waals surface area contributed by atoms with Gasteiger partial charge in [-0.15, -0.1) is 0 Å². The third-order valence-corrected chi connectivity index (χ3v) is 3.58. The second-order valence-electron chi connectivity index (χ2n) is 5.01. The third kappa shape index (κ3) is 3.94. The zero-order chi connectivity index (χ0) is 16.8. The lowest BCUT2D eigenvalue weighted by molar-refractivity contribution is -0.125. The number of nitrogens with zero attached hydrogens (tertiary/aromatic N) is 1. The molecule has 0 saturated heterocycles. The van der Waals surface area contributed by atoms with Crippen molar-refractivity contribution in [1.29, 1.82) is 0 Å². The molecule has 2 N–H and O–H groups in total. The number of amides is 1. The van der Waals surface area contributed by atoms with E-state index in [1.807, 2.05) is 32.0 Å². The summed E-state index contributed by atoms with van der Waals surface area (Å²) in [6.45, 7) is 5.28. The zero-order valence-corrected chi connectivity index (χ0v) is 13.7. The second kappa shape index (κ2) is 7.54. The molecular weight excluding hydrogens is 292 g/mol. The number of hydrogen-bond donors (Lipinski definition) is 1. The first-order valence-electron chi connectivity index (χ1n) is 7.59. The van der Waals surface area contributed by atoms with Crippen LogP contribution in [-0.4, -0.2) is 31.0 Å². The molecule has 2 aromatic rings. The highest BCUT2D eigenvalue weighted by Gasteiger charge is 2.10. The molecule has 0 bridgehead atoms. The summed E-state index contributed by atoms with van der Waals surface area (Å²) in [5, 5.41) is 0. The average Bonchev–Trinajstić information content (AvgIpc) is 3.02. The van der Waals surface area contributed by atoms with Gasteiger partial charge in [-0.25, -0.2) is 0 Å². The van der Waals surface area contributed by atoms with Crippen LogP contribution in [0.4, 0.5) is 5.69 Å². The van der Waals surface area contributed by atoms with Crippen molar-refractivity contribution < 1.29 is 13.9 Å². The molecule has 1 aromatic carbocycles. The maximum absolute atomic E-state index is 12.0. The number of ether oxygens (including phenoxy) is 1. The van der Waals surface area contributed by atoms with E-state index in [0.29, 0.717) is 36.0 Å². The third-order valence-electron chi connectivity index (χ3n) is 3.58. The van der Waals surface area contributed by atoms with Crippen LogP contribution in [0, 0.1) is 0 Å². The summed E-state index contributed by atoms with van der Waals surface area (Å²) >= 11 is 0.